The van der Waals surface area contributed by atoms with Gasteiger partial charge in [0, 0.05) is 25.4 Å². The molecule has 0 radical (unpaired) electrons. The number of carbonyl (C=O) groups excluding carboxylic acids is 3. The minimum absolute atomic E-state index is 0.0169. The van der Waals surface area contributed by atoms with Crippen LogP contribution in [0.25, 0.3) is 0 Å². The molecule has 2 N–H and O–H groups in total. The second kappa shape index (κ2) is 9.51. The number of alkyl carbamates (subject to hydrolysis) is 1. The Hall–Kier alpha value is -2.22. The number of nitrogens with one attached hydrogen (secondary N) is 2. The fraction of sp³-hybridized carbons (Fsp3) is 0.682. The summed E-state index contributed by atoms with van der Waals surface area (Å²) >= 11 is 6.61. The van der Waals surface area contributed by atoms with Gasteiger partial charge < -0.3 is 19.7 Å². The summed E-state index contributed by atoms with van der Waals surface area (Å²) < 4.78 is 10.7. The van der Waals surface area contributed by atoms with Gasteiger partial charge in [-0.3, -0.25) is 10.1 Å². The number of halogens is 1. The number of allylic oxidation sites excluding steroid dienone is 2. The van der Waals surface area contributed by atoms with E-state index < -0.39 is 22.4 Å². The lowest BCUT2D eigenvalue weighted by Crippen LogP contribution is -2.56. The summed E-state index contributed by atoms with van der Waals surface area (Å²) in [5.74, 6) is -0.170. The predicted octanol–water partition coefficient (Wildman–Crippen LogP) is 4.05. The number of hydrogen-bond donors (Lipinski definition) is 2. The maximum absolute atomic E-state index is 12.9. The second-order valence-electron chi connectivity index (χ2n) is 9.87. The van der Waals surface area contributed by atoms with Crippen molar-refractivity contribution in [3.63, 3.8) is 0 Å². The number of carbonyl (C=O) groups is 3. The van der Waals surface area contributed by atoms with Crippen molar-refractivity contribution in [2.45, 2.75) is 77.1 Å². The number of amides is 2. The van der Waals surface area contributed by atoms with Gasteiger partial charge >= 0.3 is 12.2 Å². The van der Waals surface area contributed by atoms with Gasteiger partial charge in [0.2, 0.25) is 5.12 Å². The third-order valence-electron chi connectivity index (χ3n) is 4.76. The maximum Gasteiger partial charge on any atom is 0.410 e. The monoisotopic (exact) mass is 455 g/mol. The zero-order chi connectivity index (χ0) is 23.4. The zero-order valence-electron chi connectivity index (χ0n) is 19.2. The van der Waals surface area contributed by atoms with Crippen molar-refractivity contribution in [3.8, 4) is 0 Å². The highest BCUT2D eigenvalue weighted by Crippen LogP contribution is 2.29. The Morgan fingerprint density at radius 3 is 2.26 bits per heavy atom. The first kappa shape index (κ1) is 25.0. The van der Waals surface area contributed by atoms with Crippen molar-refractivity contribution in [2.24, 2.45) is 5.92 Å². The maximum atomic E-state index is 12.9. The first-order valence-corrected chi connectivity index (χ1v) is 10.9. The fourth-order valence-electron chi connectivity index (χ4n) is 3.32. The Balaban J connectivity index is 1.94. The number of likely N-dealkylation sites (tertiary alicyclic amines) is 1. The molecule has 31 heavy (non-hydrogen) atoms. The molecule has 1 fully saturated rings. The standard InChI is InChI=1S/C22H34ClN3O5/c1-20(2,3)30-18(28)25-22(23)16(8-7-11-24-22)14-17(27)15-9-12-26(13-10-15)19(29)31-21(4,5)6/h7-8,11,15,24H,9-10,12-14H2,1-6H3,(H,25,28). The third-order valence-corrected chi connectivity index (χ3v) is 5.20. The number of alkyl halides is 1. The second-order valence-corrected chi connectivity index (χ2v) is 10.4. The quantitative estimate of drug-likeness (QED) is 0.490. The first-order valence-electron chi connectivity index (χ1n) is 10.5. The summed E-state index contributed by atoms with van der Waals surface area (Å²) in [6.07, 6.45) is 5.19. The van der Waals surface area contributed by atoms with E-state index in [4.69, 9.17) is 21.1 Å². The van der Waals surface area contributed by atoms with Crippen LogP contribution in [0.3, 0.4) is 0 Å². The van der Waals surface area contributed by atoms with Crippen molar-refractivity contribution in [1.29, 1.82) is 0 Å². The summed E-state index contributed by atoms with van der Waals surface area (Å²) in [7, 11) is 0. The predicted molar refractivity (Wildman–Crippen MR) is 118 cm³/mol. The van der Waals surface area contributed by atoms with Crippen molar-refractivity contribution in [1.82, 2.24) is 15.5 Å². The number of hydrogen-bond acceptors (Lipinski definition) is 6. The van der Waals surface area contributed by atoms with Crippen LogP contribution in [0.5, 0.6) is 0 Å². The molecule has 1 saturated heterocycles. The highest BCUT2D eigenvalue weighted by Gasteiger charge is 2.38. The van der Waals surface area contributed by atoms with Crippen LogP contribution in [-0.2, 0) is 14.3 Å². The summed E-state index contributed by atoms with van der Waals surface area (Å²) in [4.78, 5) is 39.0. The molecule has 2 amide bonds. The number of nitrogens with zero attached hydrogens (tertiary/aromatic N) is 1. The summed E-state index contributed by atoms with van der Waals surface area (Å²) in [5.41, 5.74) is -0.700. The van der Waals surface area contributed by atoms with Gasteiger partial charge in [0.1, 0.15) is 17.0 Å². The average Bonchev–Trinajstić information content (AvgIpc) is 2.60. The van der Waals surface area contributed by atoms with Gasteiger partial charge in [-0.05, 0) is 72.2 Å². The molecule has 9 heteroatoms. The number of ether oxygens (including phenoxy) is 2. The van der Waals surface area contributed by atoms with E-state index in [2.05, 4.69) is 10.6 Å². The lowest BCUT2D eigenvalue weighted by Gasteiger charge is -2.35. The van der Waals surface area contributed by atoms with Crippen LogP contribution in [0.2, 0.25) is 0 Å². The van der Waals surface area contributed by atoms with Gasteiger partial charge in [-0.15, -0.1) is 0 Å². The van der Waals surface area contributed by atoms with Crippen molar-refractivity contribution >= 4 is 29.6 Å². The lowest BCUT2D eigenvalue weighted by molar-refractivity contribution is -0.123. The Bertz CT molecular complexity index is 758. The Kier molecular flexibility index (Phi) is 7.68. The highest BCUT2D eigenvalue weighted by atomic mass is 35.5. The molecule has 2 aliphatic heterocycles. The average molecular weight is 456 g/mol. The minimum Gasteiger partial charge on any atom is -0.444 e. The van der Waals surface area contributed by atoms with Crippen LogP contribution in [0.4, 0.5) is 9.59 Å². The summed E-state index contributed by atoms with van der Waals surface area (Å²) in [6.45, 7) is 11.7. The van der Waals surface area contributed by atoms with E-state index in [-0.39, 0.29) is 24.2 Å². The largest absolute Gasteiger partial charge is 0.444 e. The highest BCUT2D eigenvalue weighted by molar-refractivity contribution is 6.26. The van der Waals surface area contributed by atoms with Gasteiger partial charge in [-0.2, -0.15) is 0 Å². The molecule has 0 spiro atoms. The number of dihydropyridines is 1. The van der Waals surface area contributed by atoms with Crippen molar-refractivity contribution in [3.05, 3.63) is 23.9 Å². The first-order chi connectivity index (χ1) is 14.2. The van der Waals surface area contributed by atoms with Crippen LogP contribution in [0, 0.1) is 5.92 Å². The topological polar surface area (TPSA) is 97.0 Å². The van der Waals surface area contributed by atoms with E-state index in [1.807, 2.05) is 20.8 Å². The molecule has 0 bridgehead atoms. The number of ketones is 1. The van der Waals surface area contributed by atoms with Gasteiger partial charge in [-0.25, -0.2) is 9.59 Å². The van der Waals surface area contributed by atoms with E-state index in [0.29, 0.717) is 31.5 Å². The number of rotatable bonds is 4. The summed E-state index contributed by atoms with van der Waals surface area (Å²) in [6, 6.07) is 0. The van der Waals surface area contributed by atoms with E-state index in [1.165, 1.54) is 0 Å². The molecular weight excluding hydrogens is 422 g/mol. The van der Waals surface area contributed by atoms with Crippen LogP contribution in [0.1, 0.15) is 60.8 Å². The molecule has 0 aromatic heterocycles. The summed E-state index contributed by atoms with van der Waals surface area (Å²) in [5, 5.41) is 4.06. The normalized spacial score (nSPS) is 22.3. The number of Topliss-reactive ketones (excluding diaryl/α,β-unsaturated/α-hetero) is 1. The molecule has 2 heterocycles. The van der Waals surface area contributed by atoms with Crippen LogP contribution in [0.15, 0.2) is 23.9 Å². The SMILES string of the molecule is CC(C)(C)OC(=O)NC1(Cl)NC=CC=C1CC(=O)C1CCN(C(=O)OC(C)(C)C)CC1. The van der Waals surface area contributed by atoms with Crippen LogP contribution in [-0.4, -0.2) is 52.3 Å². The van der Waals surface area contributed by atoms with Gasteiger partial charge in [0.15, 0.2) is 0 Å². The molecule has 1 atom stereocenters. The molecule has 174 valence electrons. The molecule has 0 aromatic rings. The van der Waals surface area contributed by atoms with Crippen LogP contribution < -0.4 is 10.6 Å². The van der Waals surface area contributed by atoms with Crippen molar-refractivity contribution < 1.29 is 23.9 Å². The Morgan fingerprint density at radius 2 is 1.71 bits per heavy atom. The van der Waals surface area contributed by atoms with Gasteiger partial charge in [0.05, 0.1) is 0 Å². The Morgan fingerprint density at radius 1 is 1.13 bits per heavy atom. The van der Waals surface area contributed by atoms with Gasteiger partial charge in [0.25, 0.3) is 0 Å². The molecular formula is C22H34ClN3O5. The smallest absolute Gasteiger partial charge is 0.410 e. The minimum atomic E-state index is -1.44. The molecule has 2 aliphatic rings. The zero-order valence-corrected chi connectivity index (χ0v) is 20.0. The third kappa shape index (κ3) is 7.76. The van der Waals surface area contributed by atoms with E-state index >= 15 is 0 Å². The lowest BCUT2D eigenvalue weighted by atomic mass is 9.88. The fourth-order valence-corrected chi connectivity index (χ4v) is 3.59. The van der Waals surface area contributed by atoms with E-state index in [1.54, 1.807) is 44.0 Å². The van der Waals surface area contributed by atoms with E-state index in [0.717, 1.165) is 0 Å². The van der Waals surface area contributed by atoms with Crippen LogP contribution >= 0.6 is 11.6 Å². The molecule has 0 aliphatic carbocycles. The Labute approximate surface area is 189 Å². The van der Waals surface area contributed by atoms with E-state index in [9.17, 15) is 14.4 Å². The molecule has 2 rings (SSSR count). The molecule has 0 saturated carbocycles. The molecule has 8 nitrogen and oxygen atoms in total. The van der Waals surface area contributed by atoms with Crippen molar-refractivity contribution in [2.75, 3.05) is 13.1 Å². The molecule has 1 unspecified atom stereocenters. The van der Waals surface area contributed by atoms with Gasteiger partial charge in [-0.1, -0.05) is 17.7 Å². The number of piperidine rings is 1. The molecule has 0 aromatic carbocycles.